The van der Waals surface area contributed by atoms with Crippen LogP contribution in [-0.2, 0) is 59.1 Å². The van der Waals surface area contributed by atoms with Gasteiger partial charge in [0.05, 0.1) is 25.3 Å². The van der Waals surface area contributed by atoms with E-state index in [0.29, 0.717) is 28.1 Å². The zero-order chi connectivity index (χ0) is 74.5. The minimum absolute atomic E-state index is 0.0794. The van der Waals surface area contributed by atoms with Gasteiger partial charge in [0.1, 0.15) is 21.2 Å². The monoisotopic (exact) mass is 1710 g/mol. The number of halogens is 1. The molecule has 9 rings (SSSR count). The number of carbonyl (C=O) groups is 3. The Morgan fingerprint density at radius 3 is 1.21 bits per heavy atom. The van der Waals surface area contributed by atoms with Gasteiger partial charge in [-0.15, -0.1) is 22.7 Å². The Balaban J connectivity index is 0.000000227. The molecule has 0 radical (unpaired) electrons. The second kappa shape index (κ2) is 39.3. The molecule has 560 valence electrons. The Kier molecular flexibility index (Phi) is 33.9. The van der Waals surface area contributed by atoms with Crippen LogP contribution >= 0.6 is 42.9 Å². The summed E-state index contributed by atoms with van der Waals surface area (Å²) in [4.78, 5) is 50.3. The number of esters is 3. The van der Waals surface area contributed by atoms with Gasteiger partial charge in [-0.1, -0.05) is 32.9 Å². The van der Waals surface area contributed by atoms with Crippen LogP contribution in [0.25, 0.3) is 0 Å². The number of hydrogen-bond donors (Lipinski definition) is 1. The van der Waals surface area contributed by atoms with Crippen LogP contribution in [-0.4, -0.2) is 112 Å². The summed E-state index contributed by atoms with van der Waals surface area (Å²) >= 11 is 0.396. The van der Waals surface area contributed by atoms with E-state index in [1.807, 2.05) is 64.7 Å². The largest absolute Gasteiger partial charge is 0.465 e. The maximum atomic E-state index is 12.4. The third-order valence-electron chi connectivity index (χ3n) is 22.2. The molecule has 3 heterocycles. The summed E-state index contributed by atoms with van der Waals surface area (Å²) in [5.41, 5.74) is 6.23. The smallest absolute Gasteiger partial charge is 0.337 e. The summed E-state index contributed by atoms with van der Waals surface area (Å²) in [6.07, 6.45) is 30.0. The van der Waals surface area contributed by atoms with Crippen LogP contribution in [0.2, 0.25) is 62.9 Å². The normalized spacial score (nSPS) is 18.4. The third-order valence-corrected chi connectivity index (χ3v) is 66.8. The molecule has 3 aliphatic rings. The molecule has 1 N–H and O–H groups in total. The molecule has 0 aliphatic heterocycles. The van der Waals surface area contributed by atoms with E-state index in [0.717, 1.165) is 83.6 Å². The van der Waals surface area contributed by atoms with Gasteiger partial charge in [-0.25, -0.2) is 19.6 Å². The van der Waals surface area contributed by atoms with Crippen molar-refractivity contribution in [3.63, 3.8) is 0 Å². The van der Waals surface area contributed by atoms with Crippen LogP contribution in [0, 0.1) is 0 Å². The molecule has 6 aromatic rings. The summed E-state index contributed by atoms with van der Waals surface area (Å²) in [6.45, 7) is 37.0. The van der Waals surface area contributed by atoms with Crippen molar-refractivity contribution in [2.45, 2.75) is 298 Å². The first-order valence-electron chi connectivity index (χ1n) is 38.1. The van der Waals surface area contributed by atoms with E-state index in [1.165, 1.54) is 147 Å². The predicted octanol–water partition coefficient (Wildman–Crippen LogP) is 23.2. The van der Waals surface area contributed by atoms with Gasteiger partial charge >= 0.3 is 366 Å². The number of aliphatic hydroxyl groups is 1. The Labute approximate surface area is 635 Å². The zero-order valence-electron chi connectivity index (χ0n) is 65.3. The maximum Gasteiger partial charge on any atom is 0.337 e. The molecule has 20 heteroatoms. The Morgan fingerprint density at radius 2 is 0.851 bits per heavy atom. The quantitative estimate of drug-likeness (QED) is 0.0270. The van der Waals surface area contributed by atoms with E-state index in [4.69, 9.17) is 37.0 Å². The van der Waals surface area contributed by atoms with Gasteiger partial charge in [0.25, 0.3) is 0 Å². The number of aryl methyl sites for hydroxylation is 3. The first-order chi connectivity index (χ1) is 47.8. The van der Waals surface area contributed by atoms with E-state index in [-0.39, 0.29) is 28.0 Å². The van der Waals surface area contributed by atoms with Crippen LogP contribution in [0.1, 0.15) is 278 Å². The number of benzene rings is 3. The SMILES string of the molecule is CCC[CH2][Sn]([CH2]CCC)([CH2]CCC)[c]1cnc(C2(O[Si](C)(C)C(C)(C)C)CCCc3cc(C(=O)OC)ccc32)s1.CCC[CH2][Sn]([Cl])([CH2]CCC)[CH2]CCC.COC(=O)c1ccc2c(c1)CCCC2(O)c1nccs1.COC(=O)c1ccc2c(c1)CCCC2(O[Si](C)(C)C(C)(C)C)c1nccs1. The fraction of sp³-hybridized carbons (Fsp3) is 0.630. The second-order valence-corrected chi connectivity index (χ2v) is 74.3. The van der Waals surface area contributed by atoms with E-state index < -0.39 is 69.1 Å². The second-order valence-electron chi connectivity index (χ2n) is 31.6. The number of aromatic nitrogens is 3. The average Bonchev–Trinajstić information content (AvgIpc) is 1.73. The van der Waals surface area contributed by atoms with Crippen LogP contribution in [0.3, 0.4) is 0 Å². The van der Waals surface area contributed by atoms with Crippen molar-refractivity contribution in [2.24, 2.45) is 0 Å². The van der Waals surface area contributed by atoms with Crippen LogP contribution in [0.5, 0.6) is 0 Å². The predicted molar refractivity (Wildman–Crippen MR) is 435 cm³/mol. The van der Waals surface area contributed by atoms with E-state index in [2.05, 4.69) is 138 Å². The molecule has 0 fully saturated rings. The first kappa shape index (κ1) is 87.1. The summed E-state index contributed by atoms with van der Waals surface area (Å²) in [5, 5.41) is 17.9. The number of rotatable bonds is 29. The molecular weight excluding hydrogens is 1580 g/mol. The number of methoxy groups -OCH3 is 3. The van der Waals surface area contributed by atoms with Crippen molar-refractivity contribution >= 4 is 116 Å². The fourth-order valence-corrected chi connectivity index (χ4v) is 52.0. The van der Waals surface area contributed by atoms with Crippen LogP contribution in [0.15, 0.2) is 83.9 Å². The van der Waals surface area contributed by atoms with Crippen molar-refractivity contribution in [3.05, 3.63) is 149 Å². The molecule has 3 aliphatic carbocycles. The van der Waals surface area contributed by atoms with Crippen LogP contribution in [0.4, 0.5) is 0 Å². The minimum atomic E-state index is -2.63. The van der Waals surface area contributed by atoms with E-state index in [9.17, 15) is 19.5 Å². The number of carbonyl (C=O) groups excluding carboxylic acids is 3. The molecule has 3 atom stereocenters. The standard InChI is InChI=1S/C21H29NO3SSi.C21H28NO3SSi.C15H15NO3S.6C4H9.ClH.2Sn/c2*1-20(2,3)27(5,6)25-21(19-22-12-13-26-19)11-7-8-15-14-16(18(23)24-4)9-10-17(15)21;1-19-13(17)11-4-5-12-10(9-11)3-2-6-15(12,18)14-16-7-8-20-14;6*1-3-4-2;;;/h9-10,12-14H,7-8,11H2,1-6H3;9-10,12,14H,7-8,11H2,1-6H3;4-5,7-9,18H,2-3,6H2,1H3;6*1,3-4H2,2H3;1H;;/q;;;;;;;;;;;+1/p-1. The van der Waals surface area contributed by atoms with Gasteiger partial charge in [0, 0.05) is 23.2 Å². The number of nitrogens with zero attached hydrogens (tertiary/aromatic N) is 3. The fourth-order valence-electron chi connectivity index (χ4n) is 14.2. The molecule has 0 saturated heterocycles. The topological polar surface area (TPSA) is 156 Å². The summed E-state index contributed by atoms with van der Waals surface area (Å²) in [6, 6.07) is 17.3. The van der Waals surface area contributed by atoms with Crippen molar-refractivity contribution in [2.75, 3.05) is 21.3 Å². The van der Waals surface area contributed by atoms with Crippen LogP contribution < -0.4 is 2.89 Å². The molecule has 0 saturated carbocycles. The van der Waals surface area contributed by atoms with E-state index in [1.54, 1.807) is 26.5 Å². The summed E-state index contributed by atoms with van der Waals surface area (Å²) < 4.78 is 39.6. The maximum absolute atomic E-state index is 12.4. The van der Waals surface area contributed by atoms with Gasteiger partial charge in [0.2, 0.25) is 0 Å². The molecular formula is C81H126ClN3O9S3Si2Sn2. The number of unbranched alkanes of at least 4 members (excludes halogenated alkanes) is 6. The molecule has 0 amide bonds. The minimum Gasteiger partial charge on any atom is -0.465 e. The van der Waals surface area contributed by atoms with Gasteiger partial charge < -0.3 is 19.0 Å². The zero-order valence-corrected chi connectivity index (χ0v) is 76.2. The number of ether oxygens (including phenoxy) is 3. The van der Waals surface area contributed by atoms with Gasteiger partial charge in [-0.2, -0.15) is 0 Å². The number of fused-ring (bicyclic) bond motifs is 3. The molecule has 3 aromatic heterocycles. The summed E-state index contributed by atoms with van der Waals surface area (Å²) in [5.74, 6) is -0.924. The third kappa shape index (κ3) is 22.0. The number of thiazole rings is 3. The van der Waals surface area contributed by atoms with Crippen molar-refractivity contribution in [1.82, 2.24) is 15.0 Å². The number of hydrogen-bond acceptors (Lipinski definition) is 15. The molecule has 101 heavy (non-hydrogen) atoms. The van der Waals surface area contributed by atoms with Gasteiger partial charge in [-0.3, -0.25) is 0 Å². The van der Waals surface area contributed by atoms with Gasteiger partial charge in [-0.05, 0) is 103 Å². The first-order valence-corrected chi connectivity index (χ1v) is 63.6. The van der Waals surface area contributed by atoms with Gasteiger partial charge in [0.15, 0.2) is 8.32 Å². The van der Waals surface area contributed by atoms with E-state index >= 15 is 0 Å². The molecule has 12 nitrogen and oxygen atoms in total. The Morgan fingerprint density at radius 1 is 0.505 bits per heavy atom. The molecule has 0 spiro atoms. The van der Waals surface area contributed by atoms with Crippen molar-refractivity contribution in [1.29, 1.82) is 0 Å². The Bertz CT molecular complexity index is 3510. The molecule has 3 aromatic carbocycles. The van der Waals surface area contributed by atoms with Crippen molar-refractivity contribution < 1.29 is 42.6 Å². The average molecular weight is 1710 g/mol. The summed E-state index contributed by atoms with van der Waals surface area (Å²) in [7, 11) is 6.91. The molecule has 0 bridgehead atoms. The Hall–Kier alpha value is -2.84. The molecule has 3 unspecified atom stereocenters. The van der Waals surface area contributed by atoms with Crippen molar-refractivity contribution in [3.8, 4) is 0 Å².